The van der Waals surface area contributed by atoms with Crippen molar-refractivity contribution in [3.8, 4) is 0 Å². The number of amides is 2. The summed E-state index contributed by atoms with van der Waals surface area (Å²) in [5, 5.41) is 15.4. The SMILES string of the molecule is CO/N=C(\C(=O)NC1C(=O)N2C(C(=O)O)=C(COC(C)=O)CSC12)c1cnc(N)s1. The highest BCUT2D eigenvalue weighted by Gasteiger charge is 2.54. The summed E-state index contributed by atoms with van der Waals surface area (Å²) in [5.41, 5.74) is 5.54. The summed E-state index contributed by atoms with van der Waals surface area (Å²) in [7, 11) is 1.26. The number of nitrogens with one attached hydrogen (secondary N) is 1. The van der Waals surface area contributed by atoms with E-state index in [2.05, 4.69) is 15.5 Å². The topological polar surface area (TPSA) is 174 Å². The van der Waals surface area contributed by atoms with E-state index in [4.69, 9.17) is 15.3 Å². The molecule has 0 bridgehead atoms. The molecule has 0 radical (unpaired) electrons. The van der Waals surface area contributed by atoms with Gasteiger partial charge in [0.05, 0.1) is 4.88 Å². The minimum Gasteiger partial charge on any atom is -0.477 e. The predicted octanol–water partition coefficient (Wildman–Crippen LogP) is -0.622. The van der Waals surface area contributed by atoms with E-state index in [0.29, 0.717) is 10.5 Å². The summed E-state index contributed by atoms with van der Waals surface area (Å²) in [6.45, 7) is 0.977. The third-order valence-electron chi connectivity index (χ3n) is 4.14. The summed E-state index contributed by atoms with van der Waals surface area (Å²) in [5.74, 6) is -2.94. The Morgan fingerprint density at radius 1 is 1.47 bits per heavy atom. The second kappa shape index (κ2) is 8.71. The molecule has 30 heavy (non-hydrogen) atoms. The fourth-order valence-corrected chi connectivity index (χ4v) is 4.87. The van der Waals surface area contributed by atoms with Gasteiger partial charge in [0, 0.05) is 24.4 Å². The monoisotopic (exact) mass is 455 g/mol. The number of hydrogen-bond donors (Lipinski definition) is 3. The van der Waals surface area contributed by atoms with Crippen LogP contribution in [0.1, 0.15) is 11.8 Å². The lowest BCUT2D eigenvalue weighted by atomic mass is 10.0. The maximum atomic E-state index is 12.7. The minimum absolute atomic E-state index is 0.108. The van der Waals surface area contributed by atoms with Crippen LogP contribution in [0.5, 0.6) is 0 Å². The predicted molar refractivity (Wildman–Crippen MR) is 106 cm³/mol. The summed E-state index contributed by atoms with van der Waals surface area (Å²) in [6.07, 6.45) is 1.36. The maximum Gasteiger partial charge on any atom is 0.352 e. The molecule has 2 aliphatic rings. The first-order valence-corrected chi connectivity index (χ1v) is 10.3. The van der Waals surface area contributed by atoms with Gasteiger partial charge in [0.2, 0.25) is 0 Å². The van der Waals surface area contributed by atoms with E-state index in [1.807, 2.05) is 0 Å². The van der Waals surface area contributed by atoms with Crippen molar-refractivity contribution in [1.82, 2.24) is 15.2 Å². The number of nitrogen functional groups attached to an aromatic ring is 1. The number of esters is 1. The molecule has 160 valence electrons. The number of carbonyl (C=O) groups is 4. The molecule has 1 aromatic rings. The van der Waals surface area contributed by atoms with Crippen LogP contribution in [-0.2, 0) is 28.8 Å². The van der Waals surface area contributed by atoms with Crippen LogP contribution >= 0.6 is 23.1 Å². The number of fused-ring (bicyclic) bond motifs is 1. The van der Waals surface area contributed by atoms with E-state index in [-0.39, 0.29) is 28.9 Å². The van der Waals surface area contributed by atoms with E-state index in [1.165, 1.54) is 32.0 Å². The lowest BCUT2D eigenvalue weighted by Gasteiger charge is -2.49. The number of nitrogens with two attached hydrogens (primary N) is 1. The minimum atomic E-state index is -1.32. The molecule has 2 amide bonds. The highest BCUT2D eigenvalue weighted by molar-refractivity contribution is 8.00. The first-order chi connectivity index (χ1) is 14.2. The second-order valence-electron chi connectivity index (χ2n) is 6.08. The zero-order valence-electron chi connectivity index (χ0n) is 15.8. The number of aliphatic carboxylic acids is 1. The molecular weight excluding hydrogens is 438 g/mol. The average molecular weight is 455 g/mol. The number of thioether (sulfide) groups is 1. The Hall–Kier alpha value is -3.13. The van der Waals surface area contributed by atoms with Gasteiger partial charge in [0.1, 0.15) is 30.8 Å². The summed E-state index contributed by atoms with van der Waals surface area (Å²) in [4.78, 5) is 58.1. The van der Waals surface area contributed by atoms with Crippen molar-refractivity contribution in [3.63, 3.8) is 0 Å². The molecule has 2 aliphatic heterocycles. The van der Waals surface area contributed by atoms with Crippen molar-refractivity contribution in [2.75, 3.05) is 25.2 Å². The van der Waals surface area contributed by atoms with Gasteiger partial charge in [-0.2, -0.15) is 0 Å². The van der Waals surface area contributed by atoms with Crippen LogP contribution in [0, 0.1) is 0 Å². The summed E-state index contributed by atoms with van der Waals surface area (Å²) in [6, 6.07) is -0.959. The molecule has 14 heteroatoms. The highest BCUT2D eigenvalue weighted by Crippen LogP contribution is 2.40. The van der Waals surface area contributed by atoms with Crippen molar-refractivity contribution in [3.05, 3.63) is 22.3 Å². The quantitative estimate of drug-likeness (QED) is 0.208. The zero-order chi connectivity index (χ0) is 22.0. The number of hydrogen-bond acceptors (Lipinski definition) is 11. The number of carbonyl (C=O) groups excluding carboxylic acids is 3. The summed E-state index contributed by atoms with van der Waals surface area (Å²) < 4.78 is 4.88. The molecule has 1 fully saturated rings. The molecule has 2 unspecified atom stereocenters. The van der Waals surface area contributed by atoms with Crippen molar-refractivity contribution >= 4 is 57.7 Å². The molecule has 2 atom stereocenters. The Bertz CT molecular complexity index is 973. The van der Waals surface area contributed by atoms with Crippen LogP contribution < -0.4 is 11.1 Å². The van der Waals surface area contributed by atoms with Crippen molar-refractivity contribution in [2.24, 2.45) is 5.16 Å². The Morgan fingerprint density at radius 3 is 2.77 bits per heavy atom. The number of ether oxygens (including phenoxy) is 1. The van der Waals surface area contributed by atoms with Crippen LogP contribution in [0.15, 0.2) is 22.6 Å². The van der Waals surface area contributed by atoms with E-state index in [9.17, 15) is 24.3 Å². The number of aromatic nitrogens is 1. The fourth-order valence-electron chi connectivity index (χ4n) is 2.88. The normalized spacial score (nSPS) is 20.9. The Labute approximate surface area is 178 Å². The lowest BCUT2D eigenvalue weighted by molar-refractivity contribution is -0.150. The van der Waals surface area contributed by atoms with Crippen molar-refractivity contribution in [1.29, 1.82) is 0 Å². The van der Waals surface area contributed by atoms with E-state index < -0.39 is 35.2 Å². The number of thiazole rings is 1. The van der Waals surface area contributed by atoms with Gasteiger partial charge >= 0.3 is 11.9 Å². The number of oxime groups is 1. The number of nitrogens with zero attached hydrogens (tertiary/aromatic N) is 3. The number of anilines is 1. The zero-order valence-corrected chi connectivity index (χ0v) is 17.4. The van der Waals surface area contributed by atoms with Crippen molar-refractivity contribution in [2.45, 2.75) is 18.3 Å². The van der Waals surface area contributed by atoms with Gasteiger partial charge in [0.25, 0.3) is 11.8 Å². The van der Waals surface area contributed by atoms with Crippen LogP contribution in [0.2, 0.25) is 0 Å². The maximum absolute atomic E-state index is 12.7. The van der Waals surface area contributed by atoms with Crippen LogP contribution in [-0.4, -0.2) is 75.3 Å². The van der Waals surface area contributed by atoms with Crippen LogP contribution in [0.25, 0.3) is 0 Å². The summed E-state index contributed by atoms with van der Waals surface area (Å²) >= 11 is 2.27. The molecule has 0 aliphatic carbocycles. The molecule has 4 N–H and O–H groups in total. The number of carboxylic acids is 1. The Morgan fingerprint density at radius 2 is 2.20 bits per heavy atom. The number of rotatable bonds is 7. The number of β-lactam (4-membered cyclic amide) rings is 1. The molecule has 0 saturated carbocycles. The van der Waals surface area contributed by atoms with Gasteiger partial charge in [-0.15, -0.1) is 11.8 Å². The van der Waals surface area contributed by atoms with Crippen LogP contribution in [0.3, 0.4) is 0 Å². The van der Waals surface area contributed by atoms with Gasteiger partial charge < -0.3 is 25.7 Å². The molecule has 0 spiro atoms. The molecule has 0 aromatic carbocycles. The number of carboxylic acid groups (broad SMARTS) is 1. The molecule has 12 nitrogen and oxygen atoms in total. The van der Waals surface area contributed by atoms with Gasteiger partial charge in [0.15, 0.2) is 10.8 Å². The average Bonchev–Trinajstić information content (AvgIpc) is 3.13. The smallest absolute Gasteiger partial charge is 0.352 e. The molecule has 3 rings (SSSR count). The molecule has 1 aromatic heterocycles. The molecule has 3 heterocycles. The van der Waals surface area contributed by atoms with E-state index in [0.717, 1.165) is 16.2 Å². The fraction of sp³-hybridized carbons (Fsp3) is 0.375. The van der Waals surface area contributed by atoms with Gasteiger partial charge in [-0.1, -0.05) is 16.5 Å². The first-order valence-electron chi connectivity index (χ1n) is 8.41. The lowest BCUT2D eigenvalue weighted by Crippen LogP contribution is -2.71. The van der Waals surface area contributed by atoms with E-state index in [1.54, 1.807) is 0 Å². The van der Waals surface area contributed by atoms with Gasteiger partial charge in [-0.3, -0.25) is 19.3 Å². The Balaban J connectivity index is 1.77. The largest absolute Gasteiger partial charge is 0.477 e. The third kappa shape index (κ3) is 4.09. The molecular formula is C16H17N5O7S2. The highest BCUT2D eigenvalue weighted by atomic mass is 32.2. The van der Waals surface area contributed by atoms with E-state index >= 15 is 0 Å². The standard InChI is InChI=1S/C16H17N5O7S2/c1-6(22)28-4-7-5-29-14-10(13(24)21(14)11(7)15(25)26)19-12(23)9(20-27-2)8-3-18-16(17)30-8/h3,10,14H,4-5H2,1-2H3,(H2,17,18)(H,19,23)(H,25,26)/b20-9-. The first kappa shape index (κ1) is 21.6. The molecule has 1 saturated heterocycles. The van der Waals surface area contributed by atoms with Gasteiger partial charge in [-0.25, -0.2) is 9.78 Å². The Kier molecular flexibility index (Phi) is 6.26. The van der Waals surface area contributed by atoms with Gasteiger partial charge in [-0.05, 0) is 0 Å². The van der Waals surface area contributed by atoms with Crippen LogP contribution in [0.4, 0.5) is 5.13 Å². The second-order valence-corrected chi connectivity index (χ2v) is 8.25. The van der Waals surface area contributed by atoms with Crippen molar-refractivity contribution < 1.29 is 33.9 Å². The third-order valence-corrected chi connectivity index (χ3v) is 6.31.